The maximum absolute atomic E-state index is 14.7. The van der Waals surface area contributed by atoms with E-state index in [0.717, 1.165) is 54.9 Å². The molecule has 0 fully saturated rings. The average molecular weight is 617 g/mol. The highest BCUT2D eigenvalue weighted by molar-refractivity contribution is 5.91. The van der Waals surface area contributed by atoms with Gasteiger partial charge in [0, 0.05) is 51.3 Å². The molecule has 0 unspecified atom stereocenters. The van der Waals surface area contributed by atoms with Crippen LogP contribution in [0.5, 0.6) is 0 Å². The number of carbonyl (C=O) groups is 1. The van der Waals surface area contributed by atoms with Crippen LogP contribution in [-0.2, 0) is 22.4 Å². The van der Waals surface area contributed by atoms with E-state index in [2.05, 4.69) is 37.6 Å². The van der Waals surface area contributed by atoms with Crippen LogP contribution in [0.4, 0.5) is 16.0 Å². The number of aryl methyl sites for hydroxylation is 2. The normalized spacial score (nSPS) is 14.1. The Balaban J connectivity index is 1.27. The van der Waals surface area contributed by atoms with E-state index >= 15 is 0 Å². The van der Waals surface area contributed by atoms with Gasteiger partial charge in [0.1, 0.15) is 18.0 Å². The number of rotatable bonds is 16. The van der Waals surface area contributed by atoms with E-state index in [1.807, 2.05) is 30.3 Å². The third-order valence-corrected chi connectivity index (χ3v) is 8.17. The fraction of sp³-hybridized carbons (Fsp3) is 0.441. The van der Waals surface area contributed by atoms with E-state index in [0.29, 0.717) is 47.6 Å². The monoisotopic (exact) mass is 616 g/mol. The second kappa shape index (κ2) is 15.7. The second-order valence-corrected chi connectivity index (χ2v) is 11.6. The quantitative estimate of drug-likeness (QED) is 0.0940. The molecule has 0 bridgehead atoms. The molecule has 3 aromatic heterocycles. The van der Waals surface area contributed by atoms with Gasteiger partial charge in [0.25, 0.3) is 5.82 Å². The summed E-state index contributed by atoms with van der Waals surface area (Å²) >= 11 is 0. The maximum atomic E-state index is 14.7. The van der Waals surface area contributed by atoms with Gasteiger partial charge in [-0.3, -0.25) is 15.1 Å². The van der Waals surface area contributed by atoms with Gasteiger partial charge in [-0.05, 0) is 81.5 Å². The van der Waals surface area contributed by atoms with Crippen LogP contribution in [0.25, 0.3) is 22.3 Å². The molecule has 1 aromatic carbocycles. The fourth-order valence-corrected chi connectivity index (χ4v) is 5.79. The first-order valence-electron chi connectivity index (χ1n) is 15.7. The van der Waals surface area contributed by atoms with Crippen molar-refractivity contribution in [1.82, 2.24) is 19.9 Å². The summed E-state index contributed by atoms with van der Waals surface area (Å²) in [6.45, 7) is 3.89. The average Bonchev–Trinajstić information content (AvgIpc) is 3.05. The molecule has 3 N–H and O–H groups in total. The Hall–Kier alpha value is -4.22. The standard InChI is InChI=1S/C34H42FN7O3/c1-24(43)30(39-34-29-12-3-4-13-31(29)40-33(42(34)44)26-10-7-17-36-21-26)16-20-41(22-27(35)23-45-2)19-6-5-11-28-15-14-25-9-8-18-37-32(25)38-28/h3-4,7,10,12-15,17,21,27,30,44H,5-6,8-9,11,16,18-20,22-23H2,1-2H3,(H,37,38)/p+1/t27-,30-/m0/s1. The van der Waals surface area contributed by atoms with Gasteiger partial charge in [0.2, 0.25) is 0 Å². The van der Waals surface area contributed by atoms with Crippen LogP contribution in [-0.4, -0.2) is 83.0 Å². The predicted molar refractivity (Wildman–Crippen MR) is 172 cm³/mol. The summed E-state index contributed by atoms with van der Waals surface area (Å²) in [4.78, 5) is 28.6. The third kappa shape index (κ3) is 8.49. The number of aromatic nitrogens is 4. The summed E-state index contributed by atoms with van der Waals surface area (Å²) in [6.07, 6.45) is 7.39. The number of pyridine rings is 2. The Morgan fingerprint density at radius 3 is 2.82 bits per heavy atom. The first-order valence-corrected chi connectivity index (χ1v) is 15.7. The molecule has 0 radical (unpaired) electrons. The molecule has 5 rings (SSSR count). The molecule has 1 aliphatic heterocycles. The molecule has 0 saturated carbocycles. The summed E-state index contributed by atoms with van der Waals surface area (Å²) in [5.74, 6) is 1.58. The zero-order chi connectivity index (χ0) is 31.6. The molecule has 2 atom stereocenters. The van der Waals surface area contributed by atoms with Crippen molar-refractivity contribution in [3.8, 4) is 11.4 Å². The summed E-state index contributed by atoms with van der Waals surface area (Å²) < 4.78 is 20.8. The molecular weight excluding hydrogens is 573 g/mol. The molecule has 0 aliphatic carbocycles. The van der Waals surface area contributed by atoms with Gasteiger partial charge in [-0.25, -0.2) is 9.37 Å². The third-order valence-electron chi connectivity index (χ3n) is 8.17. The highest BCUT2D eigenvalue weighted by Gasteiger charge is 2.27. The number of hydrogen-bond acceptors (Lipinski definition) is 9. The lowest BCUT2D eigenvalue weighted by molar-refractivity contribution is -0.885. The van der Waals surface area contributed by atoms with Crippen LogP contribution < -0.4 is 15.4 Å². The van der Waals surface area contributed by atoms with Crippen LogP contribution >= 0.6 is 0 Å². The van der Waals surface area contributed by atoms with Crippen molar-refractivity contribution in [3.05, 3.63) is 72.2 Å². The van der Waals surface area contributed by atoms with Gasteiger partial charge in [0.15, 0.2) is 11.3 Å². The molecule has 11 heteroatoms. The van der Waals surface area contributed by atoms with E-state index in [1.165, 1.54) is 19.6 Å². The Bertz CT molecular complexity index is 1570. The van der Waals surface area contributed by atoms with E-state index in [4.69, 9.17) is 9.72 Å². The Labute approximate surface area is 263 Å². The number of unbranched alkanes of at least 4 members (excludes halogenated alkanes) is 1. The summed E-state index contributed by atoms with van der Waals surface area (Å²) in [5, 5.41) is 18.7. The molecule has 45 heavy (non-hydrogen) atoms. The van der Waals surface area contributed by atoms with Crippen molar-refractivity contribution in [1.29, 1.82) is 0 Å². The number of Topliss-reactive ketones (excluding diaryl/α,β-unsaturated/α-hetero) is 1. The summed E-state index contributed by atoms with van der Waals surface area (Å²) in [7, 11) is 1.50. The lowest BCUT2D eigenvalue weighted by atomic mass is 10.1. The number of carbonyl (C=O) groups excluding carboxylic acids is 1. The first kappa shape index (κ1) is 32.2. The lowest BCUT2D eigenvalue weighted by Crippen LogP contribution is -2.43. The Morgan fingerprint density at radius 2 is 2.02 bits per heavy atom. The predicted octanol–water partition coefficient (Wildman–Crippen LogP) is 4.64. The van der Waals surface area contributed by atoms with Crippen LogP contribution in [0, 0.1) is 0 Å². The van der Waals surface area contributed by atoms with Gasteiger partial charge < -0.3 is 20.2 Å². The Kier molecular flexibility index (Phi) is 11.2. The van der Waals surface area contributed by atoms with E-state index in [-0.39, 0.29) is 18.9 Å². The van der Waals surface area contributed by atoms with Gasteiger partial charge in [-0.15, -0.1) is 0 Å². The van der Waals surface area contributed by atoms with Gasteiger partial charge in [0.05, 0.1) is 17.6 Å². The summed E-state index contributed by atoms with van der Waals surface area (Å²) in [6, 6.07) is 14.7. The molecule has 4 heterocycles. The fourth-order valence-electron chi connectivity index (χ4n) is 5.79. The minimum Gasteiger partial charge on any atom is -0.382 e. The molecule has 10 nitrogen and oxygen atoms in total. The number of hydrogen-bond donors (Lipinski definition) is 3. The van der Waals surface area contributed by atoms with Crippen LogP contribution in [0.3, 0.4) is 0 Å². The van der Waals surface area contributed by atoms with Crippen molar-refractivity contribution in [3.63, 3.8) is 0 Å². The number of fused-ring (bicyclic) bond motifs is 2. The molecule has 0 saturated heterocycles. The van der Waals surface area contributed by atoms with Crippen LogP contribution in [0.2, 0.25) is 0 Å². The largest absolute Gasteiger partial charge is 0.382 e. The number of para-hydroxylation sites is 1. The van der Waals surface area contributed by atoms with Gasteiger partial charge in [-0.1, -0.05) is 27.9 Å². The maximum Gasteiger partial charge on any atom is 0.309 e. The number of nitrogens with zero attached hydrogens (tertiary/aromatic N) is 5. The highest BCUT2D eigenvalue weighted by Crippen LogP contribution is 2.24. The topological polar surface area (TPSA) is 116 Å². The number of alkyl halides is 1. The minimum atomic E-state index is -1.14. The second-order valence-electron chi connectivity index (χ2n) is 11.6. The molecule has 238 valence electrons. The Morgan fingerprint density at radius 1 is 1.16 bits per heavy atom. The van der Waals surface area contributed by atoms with Gasteiger partial charge >= 0.3 is 5.82 Å². The van der Waals surface area contributed by atoms with Crippen molar-refractivity contribution in [2.24, 2.45) is 0 Å². The SMILES string of the molecule is COC[C@@H](F)CN(CCCCc1ccc2c(n1)NCCC2)CC[C@H](Nc1c2ccccc2nc(-c2cccnc2)[n+]1O)C(C)=O. The molecule has 0 spiro atoms. The molecule has 0 amide bonds. The number of ketones is 1. The molecule has 1 aliphatic rings. The van der Waals surface area contributed by atoms with Crippen molar-refractivity contribution < 1.29 is 23.9 Å². The van der Waals surface area contributed by atoms with Gasteiger partial charge in [-0.2, -0.15) is 0 Å². The van der Waals surface area contributed by atoms with Crippen molar-refractivity contribution in [2.75, 3.05) is 50.5 Å². The van der Waals surface area contributed by atoms with Crippen molar-refractivity contribution >= 4 is 28.3 Å². The number of benzene rings is 1. The highest BCUT2D eigenvalue weighted by atomic mass is 19.1. The molecular formula is C34H43FN7O3+. The van der Waals surface area contributed by atoms with Crippen LogP contribution in [0.15, 0.2) is 60.9 Å². The van der Waals surface area contributed by atoms with Crippen LogP contribution in [0.1, 0.15) is 43.9 Å². The number of halogens is 1. The molecule has 4 aromatic rings. The minimum absolute atomic E-state index is 0.0154. The smallest absolute Gasteiger partial charge is 0.309 e. The van der Waals surface area contributed by atoms with E-state index < -0.39 is 12.2 Å². The first-order chi connectivity index (χ1) is 21.9. The lowest BCUT2D eigenvalue weighted by Gasteiger charge is -2.25. The zero-order valence-corrected chi connectivity index (χ0v) is 26.1. The number of methoxy groups -OCH3 is 1. The van der Waals surface area contributed by atoms with Crippen molar-refractivity contribution in [2.45, 2.75) is 57.7 Å². The number of nitrogens with one attached hydrogen (secondary N) is 2. The van der Waals surface area contributed by atoms with E-state index in [1.54, 1.807) is 18.5 Å². The van der Waals surface area contributed by atoms with E-state index in [9.17, 15) is 14.4 Å². The zero-order valence-electron chi connectivity index (χ0n) is 26.1. The number of ether oxygens (including phenoxy) is 1. The number of anilines is 2. The summed E-state index contributed by atoms with van der Waals surface area (Å²) in [5.41, 5.74) is 3.63.